The Morgan fingerprint density at radius 2 is 1.00 bits per heavy atom. The van der Waals surface area contributed by atoms with E-state index in [1.54, 1.807) is 0 Å². The minimum Gasteiger partial charge on any atom is -1.00 e. The van der Waals surface area contributed by atoms with Crippen molar-refractivity contribution in [2.24, 2.45) is 0 Å². The number of nitrogens with zero attached hydrogens (tertiary/aromatic N) is 1. The SMILES string of the molecule is CCCCCCC[N+](C)(CCCBr)CCCCCCC.[Br-]. The van der Waals surface area contributed by atoms with Crippen LogP contribution in [0.4, 0.5) is 0 Å². The molecule has 0 atom stereocenters. The molecule has 0 aliphatic heterocycles. The quantitative estimate of drug-likeness (QED) is 0.213. The fourth-order valence-electron chi connectivity index (χ4n) is 2.97. The third-order valence-electron chi connectivity index (χ3n) is 4.43. The van der Waals surface area contributed by atoms with Gasteiger partial charge in [-0.05, 0) is 25.7 Å². The molecule has 3 heteroatoms. The van der Waals surface area contributed by atoms with Gasteiger partial charge in [-0.3, -0.25) is 0 Å². The second kappa shape index (κ2) is 17.3. The average molecular weight is 429 g/mol. The number of hydrogen-bond donors (Lipinski definition) is 0. The Kier molecular flexibility index (Phi) is 19.9. The van der Waals surface area contributed by atoms with Crippen molar-refractivity contribution in [3.05, 3.63) is 0 Å². The predicted octanol–water partition coefficient (Wildman–Crippen LogP) is 3.16. The minimum atomic E-state index is 0. The molecule has 0 unspecified atom stereocenters. The highest BCUT2D eigenvalue weighted by atomic mass is 79.9. The molecule has 130 valence electrons. The predicted molar refractivity (Wildman–Crippen MR) is 96.7 cm³/mol. The molecule has 0 amide bonds. The summed E-state index contributed by atoms with van der Waals surface area (Å²) in [5, 5.41) is 1.16. The summed E-state index contributed by atoms with van der Waals surface area (Å²) in [6, 6.07) is 0. The molecule has 0 aromatic carbocycles. The normalized spacial score (nSPS) is 11.4. The summed E-state index contributed by atoms with van der Waals surface area (Å²) in [6.45, 7) is 8.74. The van der Waals surface area contributed by atoms with Crippen LogP contribution in [-0.4, -0.2) is 36.5 Å². The van der Waals surface area contributed by atoms with E-state index in [9.17, 15) is 0 Å². The lowest BCUT2D eigenvalue weighted by Crippen LogP contribution is -3.00. The first kappa shape index (κ1) is 24.2. The molecule has 21 heavy (non-hydrogen) atoms. The Morgan fingerprint density at radius 3 is 1.38 bits per heavy atom. The van der Waals surface area contributed by atoms with E-state index in [1.807, 2.05) is 0 Å². The Labute approximate surface area is 153 Å². The number of quaternary nitrogens is 1. The Hall–Kier alpha value is 0.920. The second-order valence-corrected chi connectivity index (χ2v) is 7.45. The van der Waals surface area contributed by atoms with Crippen LogP contribution in [0, 0.1) is 0 Å². The zero-order chi connectivity index (χ0) is 15.1. The molecule has 0 N–H and O–H groups in total. The van der Waals surface area contributed by atoms with E-state index >= 15 is 0 Å². The van der Waals surface area contributed by atoms with Crippen LogP contribution in [0.15, 0.2) is 0 Å². The maximum atomic E-state index is 3.60. The highest BCUT2D eigenvalue weighted by molar-refractivity contribution is 9.09. The summed E-state index contributed by atoms with van der Waals surface area (Å²) in [5.74, 6) is 0. The maximum absolute atomic E-state index is 3.60. The molecule has 0 heterocycles. The van der Waals surface area contributed by atoms with Crippen molar-refractivity contribution in [3.63, 3.8) is 0 Å². The standard InChI is InChI=1S/C18H39BrN.BrH/c1-4-6-8-10-12-16-20(3,18-14-15-19)17-13-11-9-7-5-2;/h4-18H2,1-3H3;1H/q+1;/p-1. The Bertz CT molecular complexity index is 184. The van der Waals surface area contributed by atoms with Crippen LogP contribution >= 0.6 is 15.9 Å². The van der Waals surface area contributed by atoms with E-state index in [0.717, 1.165) is 5.33 Å². The molecule has 0 rings (SSSR count). The van der Waals surface area contributed by atoms with Crippen molar-refractivity contribution >= 4 is 15.9 Å². The largest absolute Gasteiger partial charge is 1.00 e. The molecule has 0 aromatic rings. The average Bonchev–Trinajstić information content (AvgIpc) is 2.45. The highest BCUT2D eigenvalue weighted by Gasteiger charge is 2.19. The van der Waals surface area contributed by atoms with E-state index in [-0.39, 0.29) is 17.0 Å². The lowest BCUT2D eigenvalue weighted by Gasteiger charge is -2.35. The molecule has 0 fully saturated rings. The lowest BCUT2D eigenvalue weighted by atomic mass is 10.1. The lowest BCUT2D eigenvalue weighted by molar-refractivity contribution is -0.910. The topological polar surface area (TPSA) is 0 Å². The Balaban J connectivity index is 0. The van der Waals surface area contributed by atoms with Gasteiger partial charge in [-0.25, -0.2) is 0 Å². The van der Waals surface area contributed by atoms with Crippen LogP contribution in [-0.2, 0) is 0 Å². The molecular weight excluding hydrogens is 390 g/mol. The molecule has 0 bridgehead atoms. The number of unbranched alkanes of at least 4 members (excludes halogenated alkanes) is 8. The van der Waals surface area contributed by atoms with E-state index in [2.05, 4.69) is 36.8 Å². The van der Waals surface area contributed by atoms with Gasteiger partial charge in [0.1, 0.15) is 0 Å². The van der Waals surface area contributed by atoms with Crippen molar-refractivity contribution in [1.29, 1.82) is 0 Å². The van der Waals surface area contributed by atoms with Gasteiger partial charge in [-0.15, -0.1) is 0 Å². The van der Waals surface area contributed by atoms with Crippen molar-refractivity contribution in [1.82, 2.24) is 0 Å². The third-order valence-corrected chi connectivity index (χ3v) is 5.00. The number of hydrogen-bond acceptors (Lipinski definition) is 0. The van der Waals surface area contributed by atoms with Gasteiger partial charge in [0.25, 0.3) is 0 Å². The first-order chi connectivity index (χ1) is 9.68. The van der Waals surface area contributed by atoms with Gasteiger partial charge in [0, 0.05) is 11.8 Å². The molecule has 0 saturated heterocycles. The summed E-state index contributed by atoms with van der Waals surface area (Å²) in [6.07, 6.45) is 15.5. The summed E-state index contributed by atoms with van der Waals surface area (Å²) in [5.41, 5.74) is 0. The van der Waals surface area contributed by atoms with Gasteiger partial charge in [-0.2, -0.15) is 0 Å². The molecule has 0 aliphatic carbocycles. The zero-order valence-electron chi connectivity index (χ0n) is 14.8. The van der Waals surface area contributed by atoms with E-state index < -0.39 is 0 Å². The van der Waals surface area contributed by atoms with Crippen LogP contribution in [0.2, 0.25) is 0 Å². The fraction of sp³-hybridized carbons (Fsp3) is 1.00. The van der Waals surface area contributed by atoms with Gasteiger partial charge >= 0.3 is 0 Å². The van der Waals surface area contributed by atoms with Crippen molar-refractivity contribution in [2.75, 3.05) is 32.0 Å². The summed E-state index contributed by atoms with van der Waals surface area (Å²) in [7, 11) is 2.49. The van der Waals surface area contributed by atoms with Crippen LogP contribution < -0.4 is 17.0 Å². The van der Waals surface area contributed by atoms with Gasteiger partial charge in [0.05, 0.1) is 26.7 Å². The maximum Gasteiger partial charge on any atom is 0.0792 e. The monoisotopic (exact) mass is 427 g/mol. The highest BCUT2D eigenvalue weighted by Crippen LogP contribution is 2.14. The van der Waals surface area contributed by atoms with Crippen molar-refractivity contribution in [3.8, 4) is 0 Å². The van der Waals surface area contributed by atoms with Crippen LogP contribution in [0.5, 0.6) is 0 Å². The summed E-state index contributed by atoms with van der Waals surface area (Å²) < 4.78 is 1.31. The van der Waals surface area contributed by atoms with E-state index in [1.165, 1.54) is 94.7 Å². The zero-order valence-corrected chi connectivity index (χ0v) is 18.0. The first-order valence-electron chi connectivity index (χ1n) is 9.08. The minimum absolute atomic E-state index is 0. The van der Waals surface area contributed by atoms with Crippen LogP contribution in [0.25, 0.3) is 0 Å². The molecule has 0 aromatic heterocycles. The van der Waals surface area contributed by atoms with Gasteiger partial charge in [0.2, 0.25) is 0 Å². The molecule has 0 aliphatic rings. The smallest absolute Gasteiger partial charge is 0.0792 e. The molecular formula is C18H39Br2N. The van der Waals surface area contributed by atoms with Gasteiger partial charge in [0.15, 0.2) is 0 Å². The molecule has 0 saturated carbocycles. The van der Waals surface area contributed by atoms with Crippen LogP contribution in [0.3, 0.4) is 0 Å². The van der Waals surface area contributed by atoms with E-state index in [0.29, 0.717) is 0 Å². The fourth-order valence-corrected chi connectivity index (χ4v) is 3.22. The summed E-state index contributed by atoms with van der Waals surface area (Å²) in [4.78, 5) is 0. The third kappa shape index (κ3) is 15.6. The molecule has 0 radical (unpaired) electrons. The van der Waals surface area contributed by atoms with Crippen molar-refractivity contribution in [2.45, 2.75) is 84.5 Å². The molecule has 0 spiro atoms. The Morgan fingerprint density at radius 1 is 0.619 bits per heavy atom. The van der Waals surface area contributed by atoms with Crippen LogP contribution in [0.1, 0.15) is 84.5 Å². The number of alkyl halides is 1. The second-order valence-electron chi connectivity index (χ2n) is 6.66. The van der Waals surface area contributed by atoms with Crippen molar-refractivity contribution < 1.29 is 21.5 Å². The molecule has 1 nitrogen and oxygen atoms in total. The van der Waals surface area contributed by atoms with Gasteiger partial charge < -0.3 is 21.5 Å². The summed E-state index contributed by atoms with van der Waals surface area (Å²) >= 11 is 3.60. The number of halogens is 2. The van der Waals surface area contributed by atoms with E-state index in [4.69, 9.17) is 0 Å². The first-order valence-corrected chi connectivity index (χ1v) is 10.2. The number of rotatable bonds is 15. The van der Waals surface area contributed by atoms with Gasteiger partial charge in [-0.1, -0.05) is 68.3 Å².